The van der Waals surface area contributed by atoms with Gasteiger partial charge >= 0.3 is 5.97 Å². The molecular weight excluding hydrogens is 343 g/mol. The highest BCUT2D eigenvalue weighted by Gasteiger charge is 2.34. The monoisotopic (exact) mass is 356 g/mol. The molecule has 7 heteroatoms. The Morgan fingerprint density at radius 2 is 2.04 bits per heavy atom. The maximum atomic E-state index is 13.3. The molecule has 1 aromatic carbocycles. The van der Waals surface area contributed by atoms with Crippen LogP contribution in [0.5, 0.6) is 0 Å². The van der Waals surface area contributed by atoms with Gasteiger partial charge in [0.05, 0.1) is 11.4 Å². The number of aromatic nitrogens is 1. The number of nitrogens with one attached hydrogen (secondary N) is 1. The van der Waals surface area contributed by atoms with E-state index in [4.69, 9.17) is 0 Å². The zero-order chi connectivity index (χ0) is 17.6. The fraction of sp³-hybridized carbons (Fsp3) is 0.111. The fourth-order valence-electron chi connectivity index (χ4n) is 3.17. The van der Waals surface area contributed by atoms with Gasteiger partial charge in [-0.2, -0.15) is 0 Å². The number of thiophene rings is 1. The molecule has 1 amide bonds. The molecule has 1 atom stereocenters. The van der Waals surface area contributed by atoms with Gasteiger partial charge in [0, 0.05) is 29.1 Å². The molecule has 126 valence electrons. The van der Waals surface area contributed by atoms with Crippen molar-refractivity contribution in [1.82, 2.24) is 4.57 Å². The maximum Gasteiger partial charge on any atom is 0.339 e. The van der Waals surface area contributed by atoms with Gasteiger partial charge < -0.3 is 15.0 Å². The van der Waals surface area contributed by atoms with Gasteiger partial charge in [0.1, 0.15) is 11.4 Å². The molecule has 3 heterocycles. The van der Waals surface area contributed by atoms with Crippen molar-refractivity contribution in [3.8, 4) is 5.69 Å². The van der Waals surface area contributed by atoms with Crippen LogP contribution in [0.2, 0.25) is 0 Å². The van der Waals surface area contributed by atoms with Crippen LogP contribution in [0.15, 0.2) is 48.0 Å². The normalized spacial score (nSPS) is 16.4. The van der Waals surface area contributed by atoms with E-state index in [9.17, 15) is 19.1 Å². The van der Waals surface area contributed by atoms with Gasteiger partial charge in [0.15, 0.2) is 0 Å². The van der Waals surface area contributed by atoms with Crippen molar-refractivity contribution in [3.05, 3.63) is 69.9 Å². The van der Waals surface area contributed by atoms with Gasteiger partial charge in [0.2, 0.25) is 5.91 Å². The Morgan fingerprint density at radius 3 is 2.68 bits per heavy atom. The van der Waals surface area contributed by atoms with E-state index in [0.29, 0.717) is 17.1 Å². The number of carbonyl (C=O) groups excluding carboxylic acids is 1. The summed E-state index contributed by atoms with van der Waals surface area (Å²) >= 11 is 1.52. The smallest absolute Gasteiger partial charge is 0.339 e. The number of fused-ring (bicyclic) bond motifs is 1. The zero-order valence-corrected chi connectivity index (χ0v) is 13.7. The molecule has 0 bridgehead atoms. The molecule has 1 aliphatic rings. The first-order chi connectivity index (χ1) is 12.0. The predicted molar refractivity (Wildman–Crippen MR) is 92.1 cm³/mol. The second-order valence-electron chi connectivity index (χ2n) is 5.77. The lowest BCUT2D eigenvalue weighted by molar-refractivity contribution is -0.116. The Balaban J connectivity index is 1.97. The second kappa shape index (κ2) is 5.86. The standard InChI is InChI=1S/C18H13FN2O3S/c19-10-3-5-11(6-4-10)21-9-13(18(23)24)16-17(21)12(8-15(22)20-16)14-2-1-7-25-14/h1-7,9,12H,8H2,(H,20,22)(H,23,24)/t12-/m0/s1. The fourth-order valence-corrected chi connectivity index (χ4v) is 4.00. The molecular formula is C18H13FN2O3S. The van der Waals surface area contributed by atoms with Crippen LogP contribution in [0.3, 0.4) is 0 Å². The summed E-state index contributed by atoms with van der Waals surface area (Å²) < 4.78 is 15.0. The first-order valence-corrected chi connectivity index (χ1v) is 8.50. The number of rotatable bonds is 3. The number of amides is 1. The van der Waals surface area contributed by atoms with E-state index in [0.717, 1.165) is 4.88 Å². The minimum atomic E-state index is -1.12. The van der Waals surface area contributed by atoms with Crippen molar-refractivity contribution in [2.45, 2.75) is 12.3 Å². The highest BCUT2D eigenvalue weighted by Crippen LogP contribution is 2.42. The van der Waals surface area contributed by atoms with E-state index >= 15 is 0 Å². The molecule has 1 aliphatic heterocycles. The maximum absolute atomic E-state index is 13.3. The van der Waals surface area contributed by atoms with Crippen molar-refractivity contribution in [1.29, 1.82) is 0 Å². The predicted octanol–water partition coefficient (Wildman–Crippen LogP) is 3.85. The molecule has 0 fully saturated rings. The van der Waals surface area contributed by atoms with Gasteiger partial charge in [-0.25, -0.2) is 9.18 Å². The van der Waals surface area contributed by atoms with Crippen LogP contribution in [0, 0.1) is 5.82 Å². The molecule has 2 N–H and O–H groups in total. The quantitative estimate of drug-likeness (QED) is 0.749. The van der Waals surface area contributed by atoms with E-state index < -0.39 is 5.97 Å². The lowest BCUT2D eigenvalue weighted by Crippen LogP contribution is -2.25. The number of nitrogens with zero attached hydrogens (tertiary/aromatic N) is 1. The third-order valence-corrected chi connectivity index (χ3v) is 5.24. The third-order valence-electron chi connectivity index (χ3n) is 4.25. The highest BCUT2D eigenvalue weighted by atomic mass is 32.1. The van der Waals surface area contributed by atoms with Crippen molar-refractivity contribution in [2.24, 2.45) is 0 Å². The number of halogens is 1. The van der Waals surface area contributed by atoms with Crippen LogP contribution in [0.4, 0.5) is 10.1 Å². The van der Waals surface area contributed by atoms with Gasteiger partial charge in [0.25, 0.3) is 0 Å². The topological polar surface area (TPSA) is 71.3 Å². The second-order valence-corrected chi connectivity index (χ2v) is 6.75. The summed E-state index contributed by atoms with van der Waals surface area (Å²) in [6.45, 7) is 0. The summed E-state index contributed by atoms with van der Waals surface area (Å²) in [5.74, 6) is -1.96. The van der Waals surface area contributed by atoms with Gasteiger partial charge in [-0.05, 0) is 35.7 Å². The molecule has 3 aromatic rings. The number of carboxylic acid groups (broad SMARTS) is 1. The lowest BCUT2D eigenvalue weighted by Gasteiger charge is -2.25. The summed E-state index contributed by atoms with van der Waals surface area (Å²) in [7, 11) is 0. The van der Waals surface area contributed by atoms with Crippen LogP contribution in [-0.2, 0) is 4.79 Å². The summed E-state index contributed by atoms with van der Waals surface area (Å²) in [4.78, 5) is 24.8. The van der Waals surface area contributed by atoms with Crippen LogP contribution in [0.1, 0.15) is 33.3 Å². The van der Waals surface area contributed by atoms with Crippen molar-refractivity contribution < 1.29 is 19.1 Å². The first-order valence-electron chi connectivity index (χ1n) is 7.62. The lowest BCUT2D eigenvalue weighted by atomic mass is 9.93. The molecule has 0 aliphatic carbocycles. The number of hydrogen-bond donors (Lipinski definition) is 2. The van der Waals surface area contributed by atoms with E-state index in [1.165, 1.54) is 29.7 Å². The summed E-state index contributed by atoms with van der Waals surface area (Å²) in [6, 6.07) is 9.65. The molecule has 0 saturated carbocycles. The van der Waals surface area contributed by atoms with Crippen molar-refractivity contribution >= 4 is 28.9 Å². The third kappa shape index (κ3) is 2.62. The van der Waals surface area contributed by atoms with Crippen LogP contribution in [-0.4, -0.2) is 21.6 Å². The van der Waals surface area contributed by atoms with E-state index in [-0.39, 0.29) is 29.6 Å². The number of benzene rings is 1. The molecule has 0 radical (unpaired) electrons. The first kappa shape index (κ1) is 15.6. The SMILES string of the molecule is O=C1C[C@@H](c2cccs2)c2c(c(C(=O)O)cn2-c2ccc(F)cc2)N1. The Morgan fingerprint density at radius 1 is 1.28 bits per heavy atom. The van der Waals surface area contributed by atoms with Gasteiger partial charge in [-0.1, -0.05) is 6.07 Å². The number of hydrogen-bond acceptors (Lipinski definition) is 3. The van der Waals surface area contributed by atoms with E-state index in [1.54, 1.807) is 16.7 Å². The molecule has 4 rings (SSSR count). The highest BCUT2D eigenvalue weighted by molar-refractivity contribution is 7.10. The average molecular weight is 356 g/mol. The Labute approximate surface area is 146 Å². The Bertz CT molecular complexity index is 961. The summed E-state index contributed by atoms with van der Waals surface area (Å²) in [5, 5.41) is 14.1. The largest absolute Gasteiger partial charge is 0.478 e. The molecule has 0 unspecified atom stereocenters. The van der Waals surface area contributed by atoms with Crippen molar-refractivity contribution in [3.63, 3.8) is 0 Å². The molecule has 25 heavy (non-hydrogen) atoms. The minimum Gasteiger partial charge on any atom is -0.478 e. The van der Waals surface area contributed by atoms with E-state index in [2.05, 4.69) is 5.32 Å². The molecule has 5 nitrogen and oxygen atoms in total. The molecule has 0 saturated heterocycles. The average Bonchev–Trinajstić information content (AvgIpc) is 3.22. The minimum absolute atomic E-state index is 0.0222. The van der Waals surface area contributed by atoms with Gasteiger partial charge in [-0.15, -0.1) is 11.3 Å². The molecule has 0 spiro atoms. The number of anilines is 1. The summed E-state index contributed by atoms with van der Waals surface area (Å²) in [5.41, 5.74) is 1.68. The summed E-state index contributed by atoms with van der Waals surface area (Å²) in [6.07, 6.45) is 1.71. The number of carbonyl (C=O) groups is 2. The zero-order valence-electron chi connectivity index (χ0n) is 12.9. The van der Waals surface area contributed by atoms with Crippen LogP contribution >= 0.6 is 11.3 Å². The number of carboxylic acids is 1. The Kier molecular flexibility index (Phi) is 3.65. The van der Waals surface area contributed by atoms with Crippen LogP contribution < -0.4 is 5.32 Å². The Hall–Kier alpha value is -2.93. The van der Waals surface area contributed by atoms with Gasteiger partial charge in [-0.3, -0.25) is 4.79 Å². The molecule has 2 aromatic heterocycles. The van der Waals surface area contributed by atoms with Crippen molar-refractivity contribution in [2.75, 3.05) is 5.32 Å². The van der Waals surface area contributed by atoms with Crippen LogP contribution in [0.25, 0.3) is 5.69 Å². The number of aromatic carboxylic acids is 1. The van der Waals surface area contributed by atoms with E-state index in [1.807, 2.05) is 17.5 Å².